The van der Waals surface area contributed by atoms with Gasteiger partial charge in [0.15, 0.2) is 0 Å². The summed E-state index contributed by atoms with van der Waals surface area (Å²) in [6.07, 6.45) is 4.12. The van der Waals surface area contributed by atoms with Gasteiger partial charge in [-0.25, -0.2) is 0 Å². The van der Waals surface area contributed by atoms with E-state index in [0.717, 1.165) is 30.6 Å². The minimum absolute atomic E-state index is 0.164. The summed E-state index contributed by atoms with van der Waals surface area (Å²) >= 11 is 0. The van der Waals surface area contributed by atoms with Crippen LogP contribution in [0.2, 0.25) is 0 Å². The number of aromatic nitrogens is 1. The van der Waals surface area contributed by atoms with E-state index in [1.807, 2.05) is 17.2 Å². The van der Waals surface area contributed by atoms with Gasteiger partial charge in [-0.1, -0.05) is 38.1 Å². The van der Waals surface area contributed by atoms with Crippen molar-refractivity contribution in [3.8, 4) is 0 Å². The third-order valence-electron chi connectivity index (χ3n) is 5.18. The van der Waals surface area contributed by atoms with E-state index in [2.05, 4.69) is 60.9 Å². The van der Waals surface area contributed by atoms with Gasteiger partial charge in [0.05, 0.1) is 0 Å². The van der Waals surface area contributed by atoms with E-state index in [-0.39, 0.29) is 5.91 Å². The van der Waals surface area contributed by atoms with Gasteiger partial charge in [-0.3, -0.25) is 4.79 Å². The molecule has 0 N–H and O–H groups in total. The molecule has 1 aliphatic rings. The molecule has 2 aromatic carbocycles. The van der Waals surface area contributed by atoms with Gasteiger partial charge in [0.1, 0.15) is 6.54 Å². The van der Waals surface area contributed by atoms with Gasteiger partial charge >= 0.3 is 0 Å². The number of rotatable bonds is 3. The minimum Gasteiger partial charge on any atom is -0.338 e. The van der Waals surface area contributed by atoms with Gasteiger partial charge < -0.3 is 9.47 Å². The fourth-order valence-electron chi connectivity index (χ4n) is 3.74. The van der Waals surface area contributed by atoms with E-state index in [0.29, 0.717) is 12.5 Å². The average molecular weight is 332 g/mol. The molecule has 3 aromatic rings. The first kappa shape index (κ1) is 15.9. The van der Waals surface area contributed by atoms with Crippen molar-refractivity contribution in [2.24, 2.45) is 0 Å². The van der Waals surface area contributed by atoms with Gasteiger partial charge in [0.2, 0.25) is 5.91 Å². The highest BCUT2D eigenvalue weighted by atomic mass is 16.2. The second-order valence-corrected chi connectivity index (χ2v) is 7.19. The lowest BCUT2D eigenvalue weighted by atomic mass is 10.0. The van der Waals surface area contributed by atoms with Crippen molar-refractivity contribution in [1.29, 1.82) is 0 Å². The average Bonchev–Trinajstić information content (AvgIpc) is 3.03. The normalized spacial score (nSPS) is 14.1. The first-order valence-corrected chi connectivity index (χ1v) is 9.10. The van der Waals surface area contributed by atoms with E-state index < -0.39 is 0 Å². The molecule has 0 saturated carbocycles. The molecule has 128 valence electrons. The Hall–Kier alpha value is -2.55. The number of para-hydroxylation sites is 1. The number of aryl methyl sites for hydroxylation is 1. The summed E-state index contributed by atoms with van der Waals surface area (Å²) in [5.74, 6) is 0.678. The number of nitrogens with zero attached hydrogens (tertiary/aromatic N) is 2. The van der Waals surface area contributed by atoms with Crippen LogP contribution in [0.3, 0.4) is 0 Å². The molecule has 1 amide bonds. The van der Waals surface area contributed by atoms with E-state index in [1.165, 1.54) is 16.5 Å². The lowest BCUT2D eigenvalue weighted by Gasteiger charge is -2.29. The molecule has 0 radical (unpaired) electrons. The number of hydrogen-bond donors (Lipinski definition) is 0. The Labute approximate surface area is 148 Å². The third kappa shape index (κ3) is 2.95. The minimum atomic E-state index is 0.164. The van der Waals surface area contributed by atoms with Crippen LogP contribution < -0.4 is 4.90 Å². The number of anilines is 1. The monoisotopic (exact) mass is 332 g/mol. The molecular weight excluding hydrogens is 308 g/mol. The predicted octanol–water partition coefficient (Wildman–Crippen LogP) is 4.74. The first-order chi connectivity index (χ1) is 12.1. The molecule has 0 spiro atoms. The second kappa shape index (κ2) is 6.40. The van der Waals surface area contributed by atoms with Crippen LogP contribution in [0.1, 0.15) is 37.3 Å². The summed E-state index contributed by atoms with van der Waals surface area (Å²) < 4.78 is 2.07. The Morgan fingerprint density at radius 2 is 1.96 bits per heavy atom. The Bertz CT molecular complexity index is 923. The zero-order valence-electron chi connectivity index (χ0n) is 14.9. The van der Waals surface area contributed by atoms with E-state index in [1.54, 1.807) is 0 Å². The molecule has 1 aromatic heterocycles. The van der Waals surface area contributed by atoms with Crippen LogP contribution in [-0.4, -0.2) is 17.0 Å². The lowest BCUT2D eigenvalue weighted by Crippen LogP contribution is -2.37. The topological polar surface area (TPSA) is 25.2 Å². The molecule has 0 fully saturated rings. The maximum atomic E-state index is 13.0. The van der Waals surface area contributed by atoms with Crippen LogP contribution in [0.4, 0.5) is 5.69 Å². The van der Waals surface area contributed by atoms with Crippen LogP contribution in [0.15, 0.2) is 54.7 Å². The third-order valence-corrected chi connectivity index (χ3v) is 5.18. The quantitative estimate of drug-likeness (QED) is 0.680. The maximum absolute atomic E-state index is 13.0. The molecule has 4 rings (SSSR count). The molecule has 25 heavy (non-hydrogen) atoms. The summed E-state index contributed by atoms with van der Waals surface area (Å²) in [7, 11) is 0. The summed E-state index contributed by atoms with van der Waals surface area (Å²) in [6.45, 7) is 5.61. The van der Waals surface area contributed by atoms with Crippen molar-refractivity contribution in [1.82, 2.24) is 4.57 Å². The molecule has 2 heterocycles. The Balaban J connectivity index is 1.61. The summed E-state index contributed by atoms with van der Waals surface area (Å²) in [6, 6.07) is 16.9. The number of carbonyl (C=O) groups is 1. The Kier molecular flexibility index (Phi) is 4.08. The molecular formula is C22H24N2O. The molecule has 0 atom stereocenters. The van der Waals surface area contributed by atoms with Gasteiger partial charge in [-0.15, -0.1) is 0 Å². The zero-order chi connectivity index (χ0) is 17.4. The highest BCUT2D eigenvalue weighted by molar-refractivity contribution is 5.95. The molecule has 3 nitrogen and oxygen atoms in total. The highest BCUT2D eigenvalue weighted by Gasteiger charge is 2.22. The molecule has 0 saturated heterocycles. The van der Waals surface area contributed by atoms with Crippen molar-refractivity contribution in [2.45, 2.75) is 39.2 Å². The second-order valence-electron chi connectivity index (χ2n) is 7.19. The van der Waals surface area contributed by atoms with Gasteiger partial charge in [-0.2, -0.15) is 0 Å². The van der Waals surface area contributed by atoms with Crippen LogP contribution >= 0.6 is 0 Å². The number of carbonyl (C=O) groups excluding carboxylic acids is 1. The van der Waals surface area contributed by atoms with Crippen LogP contribution in [0, 0.1) is 0 Å². The van der Waals surface area contributed by atoms with E-state index >= 15 is 0 Å². The number of amides is 1. The number of fused-ring (bicyclic) bond motifs is 2. The zero-order valence-corrected chi connectivity index (χ0v) is 14.9. The summed E-state index contributed by atoms with van der Waals surface area (Å²) in [5.41, 5.74) is 4.82. The van der Waals surface area contributed by atoms with Gasteiger partial charge in [-0.05, 0) is 59.5 Å². The van der Waals surface area contributed by atoms with Crippen molar-refractivity contribution in [2.75, 3.05) is 11.4 Å². The highest BCUT2D eigenvalue weighted by Crippen LogP contribution is 2.28. The fraction of sp³-hybridized carbons (Fsp3) is 0.318. The molecule has 3 heteroatoms. The van der Waals surface area contributed by atoms with Gasteiger partial charge in [0.25, 0.3) is 0 Å². The largest absolute Gasteiger partial charge is 0.338 e. The van der Waals surface area contributed by atoms with Crippen molar-refractivity contribution in [3.63, 3.8) is 0 Å². The van der Waals surface area contributed by atoms with Crippen molar-refractivity contribution in [3.05, 3.63) is 65.9 Å². The van der Waals surface area contributed by atoms with E-state index in [4.69, 9.17) is 0 Å². The van der Waals surface area contributed by atoms with Crippen molar-refractivity contribution >= 4 is 22.5 Å². The van der Waals surface area contributed by atoms with Crippen LogP contribution in [0.5, 0.6) is 0 Å². The predicted molar refractivity (Wildman–Crippen MR) is 103 cm³/mol. The Morgan fingerprint density at radius 3 is 2.80 bits per heavy atom. The molecule has 1 aliphatic heterocycles. The van der Waals surface area contributed by atoms with E-state index in [9.17, 15) is 4.79 Å². The maximum Gasteiger partial charge on any atom is 0.246 e. The molecule has 0 bridgehead atoms. The SMILES string of the molecule is CC(C)c1ccc2c(ccn2CC(=O)N2CCCc3ccccc32)c1. The van der Waals surface area contributed by atoms with Crippen LogP contribution in [0.25, 0.3) is 10.9 Å². The first-order valence-electron chi connectivity index (χ1n) is 9.10. The number of hydrogen-bond acceptors (Lipinski definition) is 1. The van der Waals surface area contributed by atoms with Crippen LogP contribution in [-0.2, 0) is 17.8 Å². The fourth-order valence-corrected chi connectivity index (χ4v) is 3.74. The Morgan fingerprint density at radius 1 is 1.12 bits per heavy atom. The van der Waals surface area contributed by atoms with Crippen molar-refractivity contribution < 1.29 is 4.79 Å². The smallest absolute Gasteiger partial charge is 0.246 e. The standard InChI is InChI=1S/C22H24N2O/c1-16(2)18-9-10-20-19(14-18)11-13-23(20)15-22(25)24-12-5-7-17-6-3-4-8-21(17)24/h3-4,6,8-11,13-14,16H,5,7,12,15H2,1-2H3. The lowest BCUT2D eigenvalue weighted by molar-refractivity contribution is -0.119. The molecule has 0 aliphatic carbocycles. The van der Waals surface area contributed by atoms with Gasteiger partial charge in [0, 0.05) is 23.9 Å². The summed E-state index contributed by atoms with van der Waals surface area (Å²) in [4.78, 5) is 14.9. The molecule has 0 unspecified atom stereocenters. The number of benzene rings is 2. The summed E-state index contributed by atoms with van der Waals surface area (Å²) in [5, 5.41) is 1.21.